The minimum Gasteiger partial charge on any atom is -0.462 e. The smallest absolute Gasteiger partial charge is 0.462 e. The highest BCUT2D eigenvalue weighted by Gasteiger charge is 2.27. The Morgan fingerprint density at radius 1 is 0.566 bits per heavy atom. The maximum atomic E-state index is 12.5. The first-order valence-corrected chi connectivity index (χ1v) is 21.4. The summed E-state index contributed by atoms with van der Waals surface area (Å²) in [7, 11) is -4.64. The largest absolute Gasteiger partial charge is 0.472 e. The Balaban J connectivity index is 4.53. The molecule has 0 radical (unpaired) electrons. The van der Waals surface area contributed by atoms with Gasteiger partial charge in [-0.15, -0.1) is 0 Å². The number of ether oxygens (including phenoxy) is 2. The number of phosphoric acid groups is 1. The molecule has 3 N–H and O–H groups in total. The van der Waals surface area contributed by atoms with E-state index in [0.29, 0.717) is 19.3 Å². The van der Waals surface area contributed by atoms with Crippen LogP contribution in [-0.2, 0) is 32.7 Å². The molecule has 0 aromatic heterocycles. The zero-order valence-corrected chi connectivity index (χ0v) is 33.6. The lowest BCUT2D eigenvalue weighted by Gasteiger charge is -2.20. The van der Waals surface area contributed by atoms with Crippen molar-refractivity contribution in [1.29, 1.82) is 0 Å². The first-order valence-electron chi connectivity index (χ1n) is 19.9. The van der Waals surface area contributed by atoms with Crippen LogP contribution in [-0.4, -0.2) is 65.7 Å². The van der Waals surface area contributed by atoms with E-state index in [-0.39, 0.29) is 19.4 Å². The third-order valence-electron chi connectivity index (χ3n) is 7.85. The summed E-state index contributed by atoms with van der Waals surface area (Å²) in [5.74, 6) is -1.08. The predicted molar refractivity (Wildman–Crippen MR) is 214 cm³/mol. The van der Waals surface area contributed by atoms with Crippen molar-refractivity contribution in [3.63, 3.8) is 0 Å². The average molecular weight is 767 g/mol. The van der Waals surface area contributed by atoms with Gasteiger partial charge in [0.15, 0.2) is 6.10 Å². The first kappa shape index (κ1) is 50.4. The number of unbranched alkanes of at least 4 members (excludes halogenated alkanes) is 10. The lowest BCUT2D eigenvalue weighted by atomic mass is 10.1. The predicted octanol–water partition coefficient (Wildman–Crippen LogP) is 10.1. The molecule has 0 aliphatic heterocycles. The second kappa shape index (κ2) is 37.7. The van der Waals surface area contributed by atoms with Crippen LogP contribution >= 0.6 is 7.82 Å². The summed E-state index contributed by atoms with van der Waals surface area (Å²) in [6, 6.07) is 0. The van der Waals surface area contributed by atoms with Gasteiger partial charge in [0, 0.05) is 12.8 Å². The summed E-state index contributed by atoms with van der Waals surface area (Å²) >= 11 is 0. The van der Waals surface area contributed by atoms with Gasteiger partial charge in [0.05, 0.1) is 19.8 Å². The normalized spacial score (nSPS) is 14.7. The molecule has 0 aromatic rings. The number of carbonyl (C=O) groups is 2. The van der Waals surface area contributed by atoms with Crippen LogP contribution in [0.2, 0.25) is 0 Å². The maximum Gasteiger partial charge on any atom is 0.472 e. The molecule has 11 heteroatoms. The second-order valence-electron chi connectivity index (χ2n) is 12.9. The van der Waals surface area contributed by atoms with Crippen molar-refractivity contribution in [2.45, 2.75) is 154 Å². The number of hydrogen-bond donors (Lipinski definition) is 3. The Morgan fingerprint density at radius 3 is 1.58 bits per heavy atom. The van der Waals surface area contributed by atoms with Crippen LogP contribution in [0.15, 0.2) is 72.9 Å². The Morgan fingerprint density at radius 2 is 1.02 bits per heavy atom. The Labute approximate surface area is 320 Å². The number of allylic oxidation sites excluding steroid dienone is 12. The summed E-state index contributed by atoms with van der Waals surface area (Å²) in [5, 5.41) is 18.3. The van der Waals surface area contributed by atoms with E-state index in [9.17, 15) is 24.2 Å². The van der Waals surface area contributed by atoms with Gasteiger partial charge in [-0.3, -0.25) is 18.6 Å². The summed E-state index contributed by atoms with van der Waals surface area (Å²) in [6.07, 6.45) is 41.8. The minimum absolute atomic E-state index is 0.0630. The molecule has 0 rings (SSSR count). The third kappa shape index (κ3) is 37.5. The fourth-order valence-corrected chi connectivity index (χ4v) is 5.53. The van der Waals surface area contributed by atoms with Crippen LogP contribution in [0.4, 0.5) is 0 Å². The summed E-state index contributed by atoms with van der Waals surface area (Å²) in [5.41, 5.74) is 0. The highest BCUT2D eigenvalue weighted by molar-refractivity contribution is 7.47. The molecular formula is C42H71O10P. The summed E-state index contributed by atoms with van der Waals surface area (Å²) < 4.78 is 32.5. The maximum absolute atomic E-state index is 12.5. The van der Waals surface area contributed by atoms with Gasteiger partial charge in [0.2, 0.25) is 0 Å². The SMILES string of the molecule is CCCCC/C=C/C/C=C/C/C=C/C/C=C/CCCC(=O)OCC(COP(=O)(O)OC[C@@H](O)CO)OC(=O)CC/C=C/C/C=C/CCCCCCCC. The highest BCUT2D eigenvalue weighted by atomic mass is 31.2. The molecule has 304 valence electrons. The lowest BCUT2D eigenvalue weighted by molar-refractivity contribution is -0.161. The van der Waals surface area contributed by atoms with Crippen LogP contribution in [0.5, 0.6) is 0 Å². The van der Waals surface area contributed by atoms with Crippen molar-refractivity contribution in [2.24, 2.45) is 0 Å². The van der Waals surface area contributed by atoms with Crippen molar-refractivity contribution in [2.75, 3.05) is 26.4 Å². The quantitative estimate of drug-likeness (QED) is 0.0243. The molecule has 0 amide bonds. The second-order valence-corrected chi connectivity index (χ2v) is 14.4. The summed E-state index contributed by atoms with van der Waals surface area (Å²) in [6.45, 7) is 2.18. The Kier molecular flexibility index (Phi) is 35.9. The molecule has 0 aliphatic rings. The molecule has 0 bridgehead atoms. The van der Waals surface area contributed by atoms with Gasteiger partial charge in [0.1, 0.15) is 12.7 Å². The van der Waals surface area contributed by atoms with Crippen molar-refractivity contribution < 1.29 is 47.8 Å². The monoisotopic (exact) mass is 766 g/mol. The van der Waals surface area contributed by atoms with Crippen LogP contribution in [0.1, 0.15) is 142 Å². The fraction of sp³-hybridized carbons (Fsp3) is 0.667. The molecule has 0 aliphatic carbocycles. The van der Waals surface area contributed by atoms with Crippen LogP contribution in [0.25, 0.3) is 0 Å². The molecule has 0 saturated carbocycles. The van der Waals surface area contributed by atoms with E-state index in [0.717, 1.165) is 38.5 Å². The van der Waals surface area contributed by atoms with Gasteiger partial charge in [0.25, 0.3) is 0 Å². The van der Waals surface area contributed by atoms with E-state index >= 15 is 0 Å². The molecule has 0 aromatic carbocycles. The van der Waals surface area contributed by atoms with Gasteiger partial charge in [-0.05, 0) is 70.6 Å². The molecule has 0 heterocycles. The number of phosphoric ester groups is 1. The van der Waals surface area contributed by atoms with E-state index < -0.39 is 51.8 Å². The van der Waals surface area contributed by atoms with Crippen molar-refractivity contribution in [3.05, 3.63) is 72.9 Å². The average Bonchev–Trinajstić information content (AvgIpc) is 3.14. The molecule has 3 atom stereocenters. The number of esters is 2. The topological polar surface area (TPSA) is 149 Å². The molecule has 2 unspecified atom stereocenters. The van der Waals surface area contributed by atoms with Crippen molar-refractivity contribution >= 4 is 19.8 Å². The highest BCUT2D eigenvalue weighted by Crippen LogP contribution is 2.43. The third-order valence-corrected chi connectivity index (χ3v) is 8.80. The zero-order valence-electron chi connectivity index (χ0n) is 32.7. The number of rotatable bonds is 36. The minimum atomic E-state index is -4.64. The van der Waals surface area contributed by atoms with Gasteiger partial charge in [-0.25, -0.2) is 4.57 Å². The number of aliphatic hydroxyl groups excluding tert-OH is 2. The lowest BCUT2D eigenvalue weighted by Crippen LogP contribution is -2.29. The van der Waals surface area contributed by atoms with Crippen LogP contribution in [0.3, 0.4) is 0 Å². The van der Waals surface area contributed by atoms with E-state index in [4.69, 9.17) is 19.1 Å². The van der Waals surface area contributed by atoms with Crippen LogP contribution in [0, 0.1) is 0 Å². The Bertz CT molecular complexity index is 1110. The molecule has 0 saturated heterocycles. The van der Waals surface area contributed by atoms with Gasteiger partial charge < -0.3 is 24.6 Å². The van der Waals surface area contributed by atoms with Gasteiger partial charge in [-0.2, -0.15) is 0 Å². The van der Waals surface area contributed by atoms with Crippen molar-refractivity contribution in [3.8, 4) is 0 Å². The van der Waals surface area contributed by atoms with Crippen LogP contribution < -0.4 is 0 Å². The van der Waals surface area contributed by atoms with E-state index in [2.05, 4.69) is 73.1 Å². The van der Waals surface area contributed by atoms with E-state index in [1.807, 2.05) is 18.2 Å². The number of carbonyl (C=O) groups excluding carboxylic acids is 2. The number of aliphatic hydroxyl groups is 2. The summed E-state index contributed by atoms with van der Waals surface area (Å²) in [4.78, 5) is 34.8. The molecular weight excluding hydrogens is 695 g/mol. The molecule has 10 nitrogen and oxygen atoms in total. The van der Waals surface area contributed by atoms with Gasteiger partial charge in [-0.1, -0.05) is 132 Å². The zero-order chi connectivity index (χ0) is 39.1. The van der Waals surface area contributed by atoms with E-state index in [1.54, 1.807) is 0 Å². The molecule has 0 fully saturated rings. The molecule has 0 spiro atoms. The van der Waals surface area contributed by atoms with Crippen molar-refractivity contribution in [1.82, 2.24) is 0 Å². The van der Waals surface area contributed by atoms with Gasteiger partial charge >= 0.3 is 19.8 Å². The molecule has 53 heavy (non-hydrogen) atoms. The fourth-order valence-electron chi connectivity index (χ4n) is 4.74. The number of hydrogen-bond acceptors (Lipinski definition) is 9. The van der Waals surface area contributed by atoms with E-state index in [1.165, 1.54) is 57.8 Å². The Hall–Kier alpha value is -2.59. The first-order chi connectivity index (χ1) is 25.7. The standard InChI is InChI=1S/C42H71O10P/c1-3-5-7-9-11-13-15-17-18-19-20-22-23-25-27-29-31-33-41(45)49-37-40(38-51-53(47,48)50-36-39(44)35-43)52-42(46)34-32-30-28-26-24-21-16-14-12-10-8-6-4-2/h11,13,17-18,20-22,24-25,27-28,30,39-40,43-44H,3-10,12,14-16,19,23,26,29,31-38H2,1-2H3,(H,47,48)/b13-11+,18-17+,22-20+,24-21+,27-25+,30-28+/t39-,40?/m0/s1.